The third-order valence-corrected chi connectivity index (χ3v) is 3.46. The summed E-state index contributed by atoms with van der Waals surface area (Å²) in [6.45, 7) is 3.97. The highest BCUT2D eigenvalue weighted by molar-refractivity contribution is 8.00. The second kappa shape index (κ2) is 6.66. The zero-order chi connectivity index (χ0) is 13.7. The predicted octanol–water partition coefficient (Wildman–Crippen LogP) is 3.12. The van der Waals surface area contributed by atoms with Crippen molar-refractivity contribution in [2.24, 2.45) is 0 Å². The van der Waals surface area contributed by atoms with Gasteiger partial charge < -0.3 is 10.4 Å². The Labute approximate surface area is 115 Å². The number of hydrogen-bond donors (Lipinski definition) is 2. The Morgan fingerprint density at radius 3 is 2.67 bits per heavy atom. The second-order valence-corrected chi connectivity index (χ2v) is 5.85. The van der Waals surface area contributed by atoms with Crippen LogP contribution in [0, 0.1) is 0 Å². The van der Waals surface area contributed by atoms with E-state index in [0.29, 0.717) is 5.25 Å². The molecule has 0 unspecified atom stereocenters. The number of halogens is 1. The highest BCUT2D eigenvalue weighted by Crippen LogP contribution is 2.24. The first-order valence-electron chi connectivity index (χ1n) is 5.35. The maximum absolute atomic E-state index is 11.6. The molecule has 0 atom stereocenters. The molecule has 0 aliphatic rings. The molecular formula is C12H14ClNO3S. The molecule has 0 bridgehead atoms. The van der Waals surface area contributed by atoms with E-state index in [2.05, 4.69) is 5.32 Å². The van der Waals surface area contributed by atoms with Crippen molar-refractivity contribution < 1.29 is 14.7 Å². The van der Waals surface area contributed by atoms with Crippen LogP contribution >= 0.6 is 23.4 Å². The van der Waals surface area contributed by atoms with Crippen LogP contribution < -0.4 is 5.32 Å². The molecule has 1 aromatic rings. The molecular weight excluding hydrogens is 274 g/mol. The Balaban J connectivity index is 2.81. The van der Waals surface area contributed by atoms with Crippen LogP contribution in [0.3, 0.4) is 0 Å². The minimum Gasteiger partial charge on any atom is -0.478 e. The quantitative estimate of drug-likeness (QED) is 0.873. The fraction of sp³-hybridized carbons (Fsp3) is 0.333. The fourth-order valence-electron chi connectivity index (χ4n) is 1.27. The van der Waals surface area contributed by atoms with Gasteiger partial charge in [-0.1, -0.05) is 31.5 Å². The van der Waals surface area contributed by atoms with Gasteiger partial charge >= 0.3 is 5.97 Å². The third kappa shape index (κ3) is 4.23. The minimum absolute atomic E-state index is 0.0814. The topological polar surface area (TPSA) is 66.4 Å². The normalized spacial score (nSPS) is 10.4. The molecule has 0 spiro atoms. The number of rotatable bonds is 5. The Morgan fingerprint density at radius 2 is 2.11 bits per heavy atom. The van der Waals surface area contributed by atoms with E-state index in [4.69, 9.17) is 16.7 Å². The Hall–Kier alpha value is -1.20. The number of carbonyl (C=O) groups excluding carboxylic acids is 1. The van der Waals surface area contributed by atoms with E-state index in [-0.39, 0.29) is 27.9 Å². The number of anilines is 1. The number of amides is 1. The van der Waals surface area contributed by atoms with Gasteiger partial charge in [-0.25, -0.2) is 4.79 Å². The molecule has 0 fully saturated rings. The summed E-state index contributed by atoms with van der Waals surface area (Å²) < 4.78 is 0. The summed E-state index contributed by atoms with van der Waals surface area (Å²) in [6.07, 6.45) is 0. The summed E-state index contributed by atoms with van der Waals surface area (Å²) in [4.78, 5) is 22.7. The van der Waals surface area contributed by atoms with Gasteiger partial charge in [-0.15, -0.1) is 11.8 Å². The monoisotopic (exact) mass is 287 g/mol. The minimum atomic E-state index is -1.16. The zero-order valence-electron chi connectivity index (χ0n) is 10.1. The van der Waals surface area contributed by atoms with Gasteiger partial charge in [0.1, 0.15) is 5.56 Å². The van der Waals surface area contributed by atoms with E-state index in [9.17, 15) is 9.59 Å². The molecule has 2 N–H and O–H groups in total. The van der Waals surface area contributed by atoms with Crippen LogP contribution in [0.15, 0.2) is 18.2 Å². The molecule has 0 aliphatic carbocycles. The summed E-state index contributed by atoms with van der Waals surface area (Å²) in [5.41, 5.74) is 0.145. The van der Waals surface area contributed by atoms with Gasteiger partial charge in [0.2, 0.25) is 5.91 Å². The zero-order valence-corrected chi connectivity index (χ0v) is 11.6. The fourth-order valence-corrected chi connectivity index (χ4v) is 2.09. The molecule has 6 heteroatoms. The Kier molecular flexibility index (Phi) is 5.50. The summed E-state index contributed by atoms with van der Waals surface area (Å²) >= 11 is 7.28. The summed E-state index contributed by atoms with van der Waals surface area (Å²) in [5, 5.41) is 12.0. The summed E-state index contributed by atoms with van der Waals surface area (Å²) in [5.74, 6) is -1.12. The highest BCUT2D eigenvalue weighted by Gasteiger charge is 2.16. The number of carboxylic acid groups (broad SMARTS) is 1. The van der Waals surface area contributed by atoms with Gasteiger partial charge in [0.15, 0.2) is 0 Å². The van der Waals surface area contributed by atoms with Crippen LogP contribution in [0.4, 0.5) is 5.69 Å². The molecule has 1 rings (SSSR count). The molecule has 98 valence electrons. The van der Waals surface area contributed by atoms with Crippen molar-refractivity contribution in [3.63, 3.8) is 0 Å². The van der Waals surface area contributed by atoms with Crippen LogP contribution in [-0.2, 0) is 4.79 Å². The molecule has 0 heterocycles. The van der Waals surface area contributed by atoms with Crippen molar-refractivity contribution in [2.75, 3.05) is 11.1 Å². The van der Waals surface area contributed by atoms with Crippen molar-refractivity contribution in [3.05, 3.63) is 28.8 Å². The van der Waals surface area contributed by atoms with E-state index in [1.54, 1.807) is 6.07 Å². The number of nitrogens with one attached hydrogen (secondary N) is 1. The third-order valence-electron chi connectivity index (χ3n) is 2.05. The second-order valence-electron chi connectivity index (χ2n) is 3.88. The maximum atomic E-state index is 11.6. The SMILES string of the molecule is CC(C)SCC(=O)Nc1cccc(Cl)c1C(=O)O. The molecule has 0 aromatic heterocycles. The molecule has 4 nitrogen and oxygen atoms in total. The van der Waals surface area contributed by atoms with Crippen molar-refractivity contribution in [1.29, 1.82) is 0 Å². The van der Waals surface area contributed by atoms with Crippen LogP contribution in [-0.4, -0.2) is 28.0 Å². The van der Waals surface area contributed by atoms with Crippen LogP contribution in [0.25, 0.3) is 0 Å². The first-order chi connectivity index (χ1) is 8.41. The van der Waals surface area contributed by atoms with Gasteiger partial charge in [0, 0.05) is 0 Å². The number of aromatic carboxylic acids is 1. The van der Waals surface area contributed by atoms with Gasteiger partial charge in [-0.2, -0.15) is 0 Å². The first-order valence-corrected chi connectivity index (χ1v) is 6.77. The van der Waals surface area contributed by atoms with Crippen molar-refractivity contribution in [2.45, 2.75) is 19.1 Å². The van der Waals surface area contributed by atoms with Gasteiger partial charge in [0.05, 0.1) is 16.5 Å². The number of benzene rings is 1. The molecule has 1 aromatic carbocycles. The van der Waals surface area contributed by atoms with Gasteiger partial charge in [-0.05, 0) is 17.4 Å². The molecule has 18 heavy (non-hydrogen) atoms. The molecule has 0 aliphatic heterocycles. The number of carbonyl (C=O) groups is 2. The largest absolute Gasteiger partial charge is 0.478 e. The molecule has 0 saturated heterocycles. The lowest BCUT2D eigenvalue weighted by Gasteiger charge is -2.10. The van der Waals surface area contributed by atoms with Gasteiger partial charge in [-0.3, -0.25) is 4.79 Å². The van der Waals surface area contributed by atoms with E-state index in [1.807, 2.05) is 13.8 Å². The molecule has 1 amide bonds. The lowest BCUT2D eigenvalue weighted by molar-refractivity contribution is -0.113. The van der Waals surface area contributed by atoms with E-state index in [1.165, 1.54) is 23.9 Å². The van der Waals surface area contributed by atoms with E-state index in [0.717, 1.165) is 0 Å². The standard InChI is InChI=1S/C12H14ClNO3S/c1-7(2)18-6-10(15)14-9-5-3-4-8(13)11(9)12(16)17/h3-5,7H,6H2,1-2H3,(H,14,15)(H,16,17). The Morgan fingerprint density at radius 1 is 1.44 bits per heavy atom. The smallest absolute Gasteiger partial charge is 0.339 e. The summed E-state index contributed by atoms with van der Waals surface area (Å²) in [7, 11) is 0. The lowest BCUT2D eigenvalue weighted by atomic mass is 10.2. The number of thioether (sulfide) groups is 1. The Bertz CT molecular complexity index is 463. The molecule has 0 saturated carbocycles. The average Bonchev–Trinajstić information content (AvgIpc) is 2.26. The van der Waals surface area contributed by atoms with E-state index >= 15 is 0 Å². The number of carboxylic acids is 1. The van der Waals surface area contributed by atoms with Crippen LogP contribution in [0.2, 0.25) is 5.02 Å². The summed E-state index contributed by atoms with van der Waals surface area (Å²) in [6, 6.07) is 4.59. The average molecular weight is 288 g/mol. The predicted molar refractivity (Wildman–Crippen MR) is 74.6 cm³/mol. The maximum Gasteiger partial charge on any atom is 0.339 e. The van der Waals surface area contributed by atoms with Crippen molar-refractivity contribution in [3.8, 4) is 0 Å². The van der Waals surface area contributed by atoms with Crippen molar-refractivity contribution in [1.82, 2.24) is 0 Å². The van der Waals surface area contributed by atoms with Crippen LogP contribution in [0.5, 0.6) is 0 Å². The van der Waals surface area contributed by atoms with E-state index < -0.39 is 5.97 Å². The van der Waals surface area contributed by atoms with Gasteiger partial charge in [0.25, 0.3) is 0 Å². The number of hydrogen-bond acceptors (Lipinski definition) is 3. The lowest BCUT2D eigenvalue weighted by Crippen LogP contribution is -2.17. The molecule has 0 radical (unpaired) electrons. The highest BCUT2D eigenvalue weighted by atomic mass is 35.5. The van der Waals surface area contributed by atoms with Crippen LogP contribution in [0.1, 0.15) is 24.2 Å². The first kappa shape index (κ1) is 14.9. The van der Waals surface area contributed by atoms with Crippen molar-refractivity contribution >= 4 is 40.9 Å².